The molecule has 0 aliphatic carbocycles. The molecule has 0 bridgehead atoms. The third-order valence-electron chi connectivity index (χ3n) is 4.19. The molecule has 0 spiro atoms. The number of hydrogen-bond acceptors (Lipinski definition) is 6. The molecule has 0 saturated carbocycles. The van der Waals surface area contributed by atoms with Gasteiger partial charge in [-0.25, -0.2) is 0 Å². The third kappa shape index (κ3) is 4.06. The zero-order chi connectivity index (χ0) is 20.4. The van der Waals surface area contributed by atoms with E-state index in [1.54, 1.807) is 42.5 Å². The first-order valence-electron chi connectivity index (χ1n) is 8.62. The Morgan fingerprint density at radius 1 is 1.24 bits per heavy atom. The standard InChI is InChI=1S/C19H15BrN4O5/c20-10-5-6-12-11(7-10)17(19(27)22-12)24-23-16(25)8-21-18(26)15-9-28-13-3-1-2-4-14(13)29-15/h1-7,15,22,27H,8-9H2,(H,21,26). The van der Waals surface area contributed by atoms with Gasteiger partial charge in [0.15, 0.2) is 17.2 Å². The highest BCUT2D eigenvalue weighted by molar-refractivity contribution is 9.10. The normalized spacial score (nSPS) is 15.6. The summed E-state index contributed by atoms with van der Waals surface area (Å²) in [5.74, 6) is -0.358. The molecule has 4 rings (SSSR count). The van der Waals surface area contributed by atoms with Crippen molar-refractivity contribution < 1.29 is 24.2 Å². The van der Waals surface area contributed by atoms with Crippen LogP contribution in [0.4, 0.5) is 5.69 Å². The molecule has 3 N–H and O–H groups in total. The van der Waals surface area contributed by atoms with Gasteiger partial charge in [-0.05, 0) is 30.3 Å². The number of fused-ring (bicyclic) bond motifs is 2. The highest BCUT2D eigenvalue weighted by atomic mass is 79.9. The van der Waals surface area contributed by atoms with Gasteiger partial charge in [-0.3, -0.25) is 9.59 Å². The van der Waals surface area contributed by atoms with E-state index in [1.807, 2.05) is 0 Å². The molecule has 148 valence electrons. The van der Waals surface area contributed by atoms with E-state index in [2.05, 4.69) is 36.5 Å². The molecule has 2 amide bonds. The van der Waals surface area contributed by atoms with Crippen LogP contribution in [-0.2, 0) is 9.59 Å². The maximum Gasteiger partial charge on any atom is 0.283 e. The van der Waals surface area contributed by atoms with Crippen molar-refractivity contribution in [1.29, 1.82) is 0 Å². The average Bonchev–Trinajstić information content (AvgIpc) is 3.04. The van der Waals surface area contributed by atoms with Gasteiger partial charge in [0.05, 0.1) is 5.52 Å². The molecule has 2 heterocycles. The largest absolute Gasteiger partial charge is 0.493 e. The van der Waals surface area contributed by atoms with E-state index in [0.29, 0.717) is 22.4 Å². The van der Waals surface area contributed by atoms with Gasteiger partial charge in [0, 0.05) is 9.86 Å². The van der Waals surface area contributed by atoms with E-state index < -0.39 is 17.9 Å². The molecule has 9 nitrogen and oxygen atoms in total. The van der Waals surface area contributed by atoms with Crippen molar-refractivity contribution in [2.24, 2.45) is 10.2 Å². The van der Waals surface area contributed by atoms with Crippen molar-refractivity contribution in [2.45, 2.75) is 6.10 Å². The summed E-state index contributed by atoms with van der Waals surface area (Å²) in [4.78, 5) is 27.0. The Labute approximate surface area is 172 Å². The van der Waals surface area contributed by atoms with Gasteiger partial charge in [-0.15, -0.1) is 10.2 Å². The third-order valence-corrected chi connectivity index (χ3v) is 4.68. The SMILES string of the molecule is O=C(CNC(=O)C1COc2ccccc2O1)N=Nc1c(O)[nH]c2ccc(Br)cc12. The molecular formula is C19H15BrN4O5. The number of aromatic hydroxyl groups is 1. The molecule has 1 unspecified atom stereocenters. The lowest BCUT2D eigenvalue weighted by Crippen LogP contribution is -2.45. The molecular weight excluding hydrogens is 444 g/mol. The molecule has 1 aromatic heterocycles. The van der Waals surface area contributed by atoms with Crippen LogP contribution >= 0.6 is 15.9 Å². The topological polar surface area (TPSA) is 125 Å². The number of para-hydroxylation sites is 2. The van der Waals surface area contributed by atoms with Crippen LogP contribution in [0, 0.1) is 0 Å². The summed E-state index contributed by atoms with van der Waals surface area (Å²) >= 11 is 3.34. The first-order valence-corrected chi connectivity index (χ1v) is 9.41. The summed E-state index contributed by atoms with van der Waals surface area (Å²) in [6.07, 6.45) is -0.871. The molecule has 1 aliphatic heterocycles. The molecule has 0 saturated heterocycles. The summed E-state index contributed by atoms with van der Waals surface area (Å²) < 4.78 is 11.8. The number of amides is 2. The van der Waals surface area contributed by atoms with E-state index >= 15 is 0 Å². The van der Waals surface area contributed by atoms with Crippen molar-refractivity contribution in [3.63, 3.8) is 0 Å². The number of ether oxygens (including phenoxy) is 2. The zero-order valence-electron chi connectivity index (χ0n) is 14.9. The van der Waals surface area contributed by atoms with Crippen LogP contribution in [0.25, 0.3) is 10.9 Å². The lowest BCUT2D eigenvalue weighted by atomic mass is 10.2. The second-order valence-corrected chi connectivity index (χ2v) is 7.10. The fourth-order valence-corrected chi connectivity index (χ4v) is 3.16. The average molecular weight is 459 g/mol. The van der Waals surface area contributed by atoms with Gasteiger partial charge in [0.1, 0.15) is 13.2 Å². The van der Waals surface area contributed by atoms with Crippen LogP contribution in [0.1, 0.15) is 0 Å². The Bertz CT molecular complexity index is 1130. The number of aromatic amines is 1. The Kier molecular flexibility index (Phi) is 5.17. The predicted octanol–water partition coefficient (Wildman–Crippen LogP) is 3.20. The highest BCUT2D eigenvalue weighted by Crippen LogP contribution is 2.36. The molecule has 29 heavy (non-hydrogen) atoms. The van der Waals surface area contributed by atoms with Crippen LogP contribution in [0.5, 0.6) is 17.4 Å². The molecule has 1 aliphatic rings. The number of carbonyl (C=O) groups excluding carboxylic acids is 2. The number of H-pyrrole nitrogens is 1. The number of aromatic nitrogens is 1. The number of rotatable bonds is 4. The van der Waals surface area contributed by atoms with Crippen molar-refractivity contribution >= 4 is 44.3 Å². The fraction of sp³-hybridized carbons (Fsp3) is 0.158. The predicted molar refractivity (Wildman–Crippen MR) is 107 cm³/mol. The van der Waals surface area contributed by atoms with Crippen molar-refractivity contribution in [3.8, 4) is 17.4 Å². The van der Waals surface area contributed by atoms with Crippen LogP contribution in [0.2, 0.25) is 0 Å². The van der Waals surface area contributed by atoms with E-state index in [0.717, 1.165) is 4.47 Å². The first kappa shape index (κ1) is 18.9. The first-order chi connectivity index (χ1) is 14.0. The number of nitrogens with one attached hydrogen (secondary N) is 2. The number of nitrogens with zero attached hydrogens (tertiary/aromatic N) is 2. The number of hydrogen-bond donors (Lipinski definition) is 3. The number of azo groups is 1. The second kappa shape index (κ2) is 7.92. The lowest BCUT2D eigenvalue weighted by Gasteiger charge is -2.25. The number of benzene rings is 2. The molecule has 10 heteroatoms. The van der Waals surface area contributed by atoms with Crippen molar-refractivity contribution in [3.05, 3.63) is 46.9 Å². The summed E-state index contributed by atoms with van der Waals surface area (Å²) in [6.45, 7) is -0.326. The van der Waals surface area contributed by atoms with E-state index in [-0.39, 0.29) is 24.7 Å². The van der Waals surface area contributed by atoms with E-state index in [4.69, 9.17) is 9.47 Å². The minimum atomic E-state index is -0.871. The monoisotopic (exact) mass is 458 g/mol. The number of carbonyl (C=O) groups is 2. The lowest BCUT2D eigenvalue weighted by molar-refractivity contribution is -0.132. The number of halogens is 1. The molecule has 1 atom stereocenters. The minimum Gasteiger partial charge on any atom is -0.493 e. The van der Waals surface area contributed by atoms with Crippen LogP contribution in [-0.4, -0.2) is 41.2 Å². The summed E-state index contributed by atoms with van der Waals surface area (Å²) in [7, 11) is 0. The Morgan fingerprint density at radius 2 is 2.03 bits per heavy atom. The van der Waals surface area contributed by atoms with Crippen molar-refractivity contribution in [1.82, 2.24) is 10.3 Å². The van der Waals surface area contributed by atoms with E-state index in [1.165, 1.54) is 0 Å². The quantitative estimate of drug-likeness (QED) is 0.517. The van der Waals surface area contributed by atoms with Gasteiger partial charge in [0.25, 0.3) is 11.8 Å². The zero-order valence-corrected chi connectivity index (χ0v) is 16.5. The molecule has 0 radical (unpaired) electrons. The smallest absolute Gasteiger partial charge is 0.283 e. The summed E-state index contributed by atoms with van der Waals surface area (Å²) in [5.41, 5.74) is 0.789. The van der Waals surface area contributed by atoms with Gasteiger partial charge >= 0.3 is 0 Å². The fourth-order valence-electron chi connectivity index (χ4n) is 2.80. The van der Waals surface area contributed by atoms with Crippen LogP contribution < -0.4 is 14.8 Å². The van der Waals surface area contributed by atoms with E-state index in [9.17, 15) is 14.7 Å². The van der Waals surface area contributed by atoms with Gasteiger partial charge in [-0.1, -0.05) is 28.1 Å². The summed E-state index contributed by atoms with van der Waals surface area (Å²) in [5, 5.41) is 20.4. The minimum absolute atomic E-state index is 0.0383. The maximum atomic E-state index is 12.2. The van der Waals surface area contributed by atoms with Gasteiger partial charge in [0.2, 0.25) is 12.0 Å². The Balaban J connectivity index is 1.36. The maximum absolute atomic E-state index is 12.2. The van der Waals surface area contributed by atoms with Gasteiger partial charge in [-0.2, -0.15) is 0 Å². The second-order valence-electron chi connectivity index (χ2n) is 6.19. The summed E-state index contributed by atoms with van der Waals surface area (Å²) in [6, 6.07) is 12.3. The molecule has 0 fully saturated rings. The Hall–Kier alpha value is -3.40. The Morgan fingerprint density at radius 3 is 2.86 bits per heavy atom. The van der Waals surface area contributed by atoms with Crippen molar-refractivity contribution in [2.75, 3.05) is 13.2 Å². The van der Waals surface area contributed by atoms with Crippen LogP contribution in [0.15, 0.2) is 57.2 Å². The highest BCUT2D eigenvalue weighted by Gasteiger charge is 2.27. The molecule has 3 aromatic rings. The van der Waals surface area contributed by atoms with Crippen LogP contribution in [0.3, 0.4) is 0 Å². The van der Waals surface area contributed by atoms with Gasteiger partial charge < -0.3 is 24.9 Å². The molecule has 2 aromatic carbocycles.